The predicted octanol–water partition coefficient (Wildman–Crippen LogP) is 4.12. The van der Waals surface area contributed by atoms with Crippen LogP contribution in [0.5, 0.6) is 0 Å². The first-order chi connectivity index (χ1) is 7.51. The van der Waals surface area contributed by atoms with Crippen molar-refractivity contribution in [1.29, 1.82) is 0 Å². The Balaban J connectivity index is 3.24. The molecule has 0 saturated carbocycles. The van der Waals surface area contributed by atoms with E-state index in [0.717, 1.165) is 24.0 Å². The van der Waals surface area contributed by atoms with Crippen molar-refractivity contribution < 1.29 is 4.92 Å². The molecule has 1 aromatic carbocycles. The molecule has 0 aliphatic carbocycles. The van der Waals surface area contributed by atoms with Gasteiger partial charge < -0.3 is 0 Å². The molecule has 0 aromatic heterocycles. The first kappa shape index (κ1) is 12.7. The van der Waals surface area contributed by atoms with E-state index in [9.17, 15) is 10.1 Å². The van der Waals surface area contributed by atoms with Gasteiger partial charge in [-0.2, -0.15) is 0 Å². The number of hydrogen-bond donors (Lipinski definition) is 0. The second kappa shape index (κ2) is 5.10. The highest BCUT2D eigenvalue weighted by atomic mass is 16.6. The van der Waals surface area contributed by atoms with E-state index in [2.05, 4.69) is 13.8 Å². The minimum atomic E-state index is -0.307. The fourth-order valence-electron chi connectivity index (χ4n) is 2.19. The largest absolute Gasteiger partial charge is 0.272 e. The van der Waals surface area contributed by atoms with Crippen molar-refractivity contribution in [3.63, 3.8) is 0 Å². The SMILES string of the molecule is CCC(CC)c1cc(C)c([N+](=O)[O-])cc1C. The highest BCUT2D eigenvalue weighted by molar-refractivity contribution is 5.47. The average Bonchev–Trinajstić information content (AvgIpc) is 2.23. The number of aryl methyl sites for hydroxylation is 2. The molecule has 1 rings (SSSR count). The Morgan fingerprint density at radius 3 is 2.19 bits per heavy atom. The molecule has 0 radical (unpaired) electrons. The molecule has 0 saturated heterocycles. The highest BCUT2D eigenvalue weighted by Gasteiger charge is 2.16. The van der Waals surface area contributed by atoms with Gasteiger partial charge in [-0.1, -0.05) is 13.8 Å². The summed E-state index contributed by atoms with van der Waals surface area (Å²) in [5, 5.41) is 10.8. The summed E-state index contributed by atoms with van der Waals surface area (Å²) in [7, 11) is 0. The number of nitro groups is 1. The van der Waals surface area contributed by atoms with Crippen LogP contribution in [0.25, 0.3) is 0 Å². The van der Waals surface area contributed by atoms with Crippen molar-refractivity contribution in [2.45, 2.75) is 46.5 Å². The quantitative estimate of drug-likeness (QED) is 0.567. The van der Waals surface area contributed by atoms with Crippen molar-refractivity contribution in [1.82, 2.24) is 0 Å². The number of benzene rings is 1. The molecule has 0 amide bonds. The van der Waals surface area contributed by atoms with Crippen LogP contribution in [0.4, 0.5) is 5.69 Å². The van der Waals surface area contributed by atoms with Gasteiger partial charge in [0.05, 0.1) is 4.92 Å². The van der Waals surface area contributed by atoms with Gasteiger partial charge in [0.25, 0.3) is 5.69 Å². The lowest BCUT2D eigenvalue weighted by molar-refractivity contribution is -0.385. The van der Waals surface area contributed by atoms with Crippen molar-refractivity contribution >= 4 is 5.69 Å². The summed E-state index contributed by atoms with van der Waals surface area (Å²) in [4.78, 5) is 10.5. The Morgan fingerprint density at radius 2 is 1.75 bits per heavy atom. The lowest BCUT2D eigenvalue weighted by Gasteiger charge is -2.16. The van der Waals surface area contributed by atoms with Crippen molar-refractivity contribution in [3.8, 4) is 0 Å². The summed E-state index contributed by atoms with van der Waals surface area (Å²) < 4.78 is 0. The fourth-order valence-corrected chi connectivity index (χ4v) is 2.19. The van der Waals surface area contributed by atoms with Crippen molar-refractivity contribution in [2.24, 2.45) is 0 Å². The zero-order chi connectivity index (χ0) is 12.3. The van der Waals surface area contributed by atoms with Crippen LogP contribution in [0.1, 0.15) is 49.3 Å². The molecule has 16 heavy (non-hydrogen) atoms. The summed E-state index contributed by atoms with van der Waals surface area (Å²) in [5.74, 6) is 0.513. The van der Waals surface area contributed by atoms with Crippen LogP contribution in [0, 0.1) is 24.0 Å². The lowest BCUT2D eigenvalue weighted by atomic mass is 9.89. The van der Waals surface area contributed by atoms with Crippen molar-refractivity contribution in [3.05, 3.63) is 38.9 Å². The molecule has 0 atom stereocenters. The molecular formula is C13H19NO2. The van der Waals surface area contributed by atoms with Gasteiger partial charge in [0.15, 0.2) is 0 Å². The van der Waals surface area contributed by atoms with Gasteiger partial charge in [-0.05, 0) is 49.8 Å². The Labute approximate surface area is 96.6 Å². The molecule has 0 aliphatic rings. The molecule has 0 unspecified atom stereocenters. The molecule has 0 aliphatic heterocycles. The van der Waals surface area contributed by atoms with Crippen LogP contribution in [0.2, 0.25) is 0 Å². The molecule has 0 heterocycles. The van der Waals surface area contributed by atoms with Gasteiger partial charge >= 0.3 is 0 Å². The fraction of sp³-hybridized carbons (Fsp3) is 0.538. The summed E-state index contributed by atoms with van der Waals surface area (Å²) in [5.41, 5.74) is 3.28. The highest BCUT2D eigenvalue weighted by Crippen LogP contribution is 2.30. The Hall–Kier alpha value is -1.38. The van der Waals surface area contributed by atoms with Crippen molar-refractivity contribution in [2.75, 3.05) is 0 Å². The average molecular weight is 221 g/mol. The first-order valence-electron chi connectivity index (χ1n) is 5.76. The molecule has 3 heteroatoms. The molecule has 88 valence electrons. The van der Waals surface area contributed by atoms with Gasteiger partial charge in [-0.25, -0.2) is 0 Å². The summed E-state index contributed by atoms with van der Waals surface area (Å²) in [6, 6.07) is 3.67. The minimum absolute atomic E-state index is 0.229. The first-order valence-corrected chi connectivity index (χ1v) is 5.76. The normalized spacial score (nSPS) is 10.8. The third-order valence-electron chi connectivity index (χ3n) is 3.21. The Bertz CT molecular complexity index is 395. The zero-order valence-corrected chi connectivity index (χ0v) is 10.4. The maximum absolute atomic E-state index is 10.8. The molecular weight excluding hydrogens is 202 g/mol. The summed E-state index contributed by atoms with van der Waals surface area (Å²) >= 11 is 0. The summed E-state index contributed by atoms with van der Waals surface area (Å²) in [6.07, 6.45) is 2.16. The predicted molar refractivity (Wildman–Crippen MR) is 65.9 cm³/mol. The molecule has 0 fully saturated rings. The maximum atomic E-state index is 10.8. The number of nitro benzene ring substituents is 1. The smallest absolute Gasteiger partial charge is 0.258 e. The molecule has 0 bridgehead atoms. The van der Waals surface area contributed by atoms with E-state index in [1.165, 1.54) is 5.56 Å². The van der Waals surface area contributed by atoms with Crippen LogP contribution in [-0.2, 0) is 0 Å². The second-order valence-corrected chi connectivity index (χ2v) is 4.27. The Morgan fingerprint density at radius 1 is 1.19 bits per heavy atom. The standard InChI is InChI=1S/C13H19NO2/c1-5-11(6-2)12-7-10(4)13(14(15)16)8-9(12)3/h7-8,11H,5-6H2,1-4H3. The molecule has 0 spiro atoms. The Kier molecular flexibility index (Phi) is 4.05. The second-order valence-electron chi connectivity index (χ2n) is 4.27. The van der Waals surface area contributed by atoms with Crippen LogP contribution >= 0.6 is 0 Å². The molecule has 3 nitrogen and oxygen atoms in total. The minimum Gasteiger partial charge on any atom is -0.258 e. The molecule has 1 aromatic rings. The number of rotatable bonds is 4. The van der Waals surface area contributed by atoms with Crippen LogP contribution < -0.4 is 0 Å². The van der Waals surface area contributed by atoms with E-state index in [0.29, 0.717) is 5.92 Å². The number of nitrogens with zero attached hydrogens (tertiary/aromatic N) is 1. The van der Waals surface area contributed by atoms with Gasteiger partial charge in [0.2, 0.25) is 0 Å². The molecule has 0 N–H and O–H groups in total. The number of hydrogen-bond acceptors (Lipinski definition) is 2. The van der Waals surface area contributed by atoms with E-state index >= 15 is 0 Å². The third-order valence-corrected chi connectivity index (χ3v) is 3.21. The topological polar surface area (TPSA) is 43.1 Å². The monoisotopic (exact) mass is 221 g/mol. The maximum Gasteiger partial charge on any atom is 0.272 e. The van der Waals surface area contributed by atoms with E-state index in [1.807, 2.05) is 19.9 Å². The van der Waals surface area contributed by atoms with Gasteiger partial charge in [0, 0.05) is 11.6 Å². The van der Waals surface area contributed by atoms with Gasteiger partial charge in [-0.3, -0.25) is 10.1 Å². The van der Waals surface area contributed by atoms with Crippen LogP contribution in [0.15, 0.2) is 12.1 Å². The van der Waals surface area contributed by atoms with E-state index in [1.54, 1.807) is 6.07 Å². The van der Waals surface area contributed by atoms with Gasteiger partial charge in [0.1, 0.15) is 0 Å². The van der Waals surface area contributed by atoms with Crippen LogP contribution in [-0.4, -0.2) is 4.92 Å². The van der Waals surface area contributed by atoms with E-state index in [-0.39, 0.29) is 10.6 Å². The van der Waals surface area contributed by atoms with Crippen LogP contribution in [0.3, 0.4) is 0 Å². The van der Waals surface area contributed by atoms with E-state index in [4.69, 9.17) is 0 Å². The van der Waals surface area contributed by atoms with E-state index < -0.39 is 0 Å². The third kappa shape index (κ3) is 2.40. The zero-order valence-electron chi connectivity index (χ0n) is 10.4. The summed E-state index contributed by atoms with van der Waals surface area (Å²) in [6.45, 7) is 8.08. The lowest BCUT2D eigenvalue weighted by Crippen LogP contribution is -2.01. The van der Waals surface area contributed by atoms with Gasteiger partial charge in [-0.15, -0.1) is 0 Å².